The average Bonchev–Trinajstić information content (AvgIpc) is 2.66. The molecule has 0 unspecified atom stereocenters. The lowest BCUT2D eigenvalue weighted by Gasteiger charge is -2.22. The van der Waals surface area contributed by atoms with Crippen molar-refractivity contribution < 1.29 is 48.3 Å². The van der Waals surface area contributed by atoms with E-state index in [2.05, 4.69) is 0 Å². The minimum atomic E-state index is -1.77. The molecule has 0 heterocycles. The van der Waals surface area contributed by atoms with Crippen molar-refractivity contribution in [2.45, 2.75) is 52.7 Å². The minimum absolute atomic E-state index is 0.0445. The van der Waals surface area contributed by atoms with Crippen LogP contribution in [-0.4, -0.2) is 45.7 Å². The maximum Gasteiger partial charge on any atom is 0.511 e. The first-order valence-electron chi connectivity index (χ1n) is 10.5. The molecular weight excluding hydrogens is 476 g/mol. The zero-order valence-electron chi connectivity index (χ0n) is 20.6. The molecule has 0 radical (unpaired) electrons. The molecule has 0 aliphatic rings. The summed E-state index contributed by atoms with van der Waals surface area (Å²) in [5.74, 6) is -2.57. The first-order valence-corrected chi connectivity index (χ1v) is 10.5. The van der Waals surface area contributed by atoms with Crippen molar-refractivity contribution in [1.82, 2.24) is 0 Å². The smallest absolute Gasteiger partial charge is 0.456 e. The first-order chi connectivity index (χ1) is 16.4. The molecule has 0 spiro atoms. The molecule has 6 N–H and O–H groups in total. The van der Waals surface area contributed by atoms with Gasteiger partial charge in [-0.05, 0) is 65.8 Å². The molecule has 0 atom stereocenters. The fourth-order valence-electron chi connectivity index (χ4n) is 3.05. The van der Waals surface area contributed by atoms with Crippen molar-refractivity contribution >= 4 is 35.6 Å². The number of ether oxygens (including phenoxy) is 4. The predicted molar refractivity (Wildman–Crippen MR) is 128 cm³/mol. The molecule has 2 rings (SSSR count). The molecule has 0 saturated heterocycles. The topological polar surface area (TPSA) is 198 Å². The normalized spacial score (nSPS) is 11.4. The van der Waals surface area contributed by atoms with Crippen LogP contribution in [0.1, 0.15) is 62.3 Å². The summed E-state index contributed by atoms with van der Waals surface area (Å²) in [7, 11) is 0. The number of hydrogen-bond acceptors (Lipinski definition) is 10. The van der Waals surface area contributed by atoms with Gasteiger partial charge >= 0.3 is 24.2 Å². The van der Waals surface area contributed by atoms with Gasteiger partial charge in [0.05, 0.1) is 11.3 Å². The molecule has 0 amide bonds. The van der Waals surface area contributed by atoms with Crippen molar-refractivity contribution in [3.63, 3.8) is 0 Å². The highest BCUT2D eigenvalue weighted by Crippen LogP contribution is 2.44. The number of benzene rings is 2. The van der Waals surface area contributed by atoms with Gasteiger partial charge in [0.1, 0.15) is 22.5 Å². The monoisotopic (exact) mass is 504 g/mol. The maximum atomic E-state index is 12.7. The second-order valence-electron chi connectivity index (χ2n) is 9.58. The Morgan fingerprint density at radius 3 is 1.78 bits per heavy atom. The average molecular weight is 504 g/mol. The van der Waals surface area contributed by atoms with Crippen LogP contribution in [0.3, 0.4) is 0 Å². The van der Waals surface area contributed by atoms with Gasteiger partial charge in [-0.2, -0.15) is 0 Å². The highest BCUT2D eigenvalue weighted by molar-refractivity contribution is 6.05. The largest absolute Gasteiger partial charge is 0.511 e. The molecule has 36 heavy (non-hydrogen) atoms. The van der Waals surface area contributed by atoms with Gasteiger partial charge in [-0.3, -0.25) is 0 Å². The van der Waals surface area contributed by atoms with E-state index in [1.54, 1.807) is 41.5 Å². The Morgan fingerprint density at radius 2 is 1.28 bits per heavy atom. The van der Waals surface area contributed by atoms with Gasteiger partial charge in [-0.25, -0.2) is 19.2 Å². The lowest BCUT2D eigenvalue weighted by atomic mass is 9.97. The summed E-state index contributed by atoms with van der Waals surface area (Å²) in [6.45, 7) is 9.80. The molecule has 0 aliphatic heterocycles. The summed E-state index contributed by atoms with van der Waals surface area (Å²) in [5.41, 5.74) is 9.20. The number of anilines is 2. The van der Waals surface area contributed by atoms with Crippen LogP contribution in [0.5, 0.6) is 11.5 Å². The molecule has 194 valence electrons. The molecule has 12 nitrogen and oxygen atoms in total. The third-order valence-electron chi connectivity index (χ3n) is 4.24. The molecule has 2 aromatic carbocycles. The molecule has 0 aliphatic carbocycles. The Labute approximate surface area is 206 Å². The van der Waals surface area contributed by atoms with Gasteiger partial charge < -0.3 is 40.6 Å². The Balaban J connectivity index is 2.77. The zero-order valence-corrected chi connectivity index (χ0v) is 20.6. The van der Waals surface area contributed by atoms with Crippen molar-refractivity contribution in [1.29, 1.82) is 0 Å². The van der Waals surface area contributed by atoms with E-state index in [9.17, 15) is 29.4 Å². The number of carbonyl (C=O) groups excluding carboxylic acids is 2. The summed E-state index contributed by atoms with van der Waals surface area (Å²) in [6.07, 6.45) is -3.49. The predicted octanol–water partition coefficient (Wildman–Crippen LogP) is 4.54. The Hall–Kier alpha value is -4.48. The Morgan fingerprint density at radius 1 is 0.750 bits per heavy atom. The number of hydrogen-bond donors (Lipinski definition) is 4. The quantitative estimate of drug-likeness (QED) is 0.252. The lowest BCUT2D eigenvalue weighted by molar-refractivity contribution is 0.00577. The van der Waals surface area contributed by atoms with Gasteiger partial charge in [-0.15, -0.1) is 0 Å². The Bertz CT molecular complexity index is 1220. The van der Waals surface area contributed by atoms with Crippen LogP contribution in [0.4, 0.5) is 21.0 Å². The van der Waals surface area contributed by atoms with Crippen LogP contribution >= 0.6 is 0 Å². The summed E-state index contributed by atoms with van der Waals surface area (Å²) < 4.78 is 20.3. The second-order valence-corrected chi connectivity index (χ2v) is 9.58. The van der Waals surface area contributed by atoms with E-state index < -0.39 is 46.9 Å². The highest BCUT2D eigenvalue weighted by atomic mass is 16.7. The number of carbonyl (C=O) groups is 4. The summed E-state index contributed by atoms with van der Waals surface area (Å²) in [5, 5.41) is 18.5. The molecule has 0 fully saturated rings. The van der Waals surface area contributed by atoms with E-state index in [-0.39, 0.29) is 33.7 Å². The van der Waals surface area contributed by atoms with Gasteiger partial charge in [0, 0.05) is 16.8 Å². The molecule has 2 aromatic rings. The van der Waals surface area contributed by atoms with E-state index in [0.717, 1.165) is 12.1 Å². The van der Waals surface area contributed by atoms with Crippen molar-refractivity contribution in [3.05, 3.63) is 35.4 Å². The third kappa shape index (κ3) is 7.01. The van der Waals surface area contributed by atoms with Crippen LogP contribution in [-0.2, 0) is 9.47 Å². The second kappa shape index (κ2) is 10.0. The summed E-state index contributed by atoms with van der Waals surface area (Å²) >= 11 is 0. The lowest BCUT2D eigenvalue weighted by Crippen LogP contribution is -2.25. The fourth-order valence-corrected chi connectivity index (χ4v) is 3.05. The van der Waals surface area contributed by atoms with Crippen molar-refractivity contribution in [2.75, 3.05) is 11.5 Å². The number of carboxylic acid groups (broad SMARTS) is 2. The van der Waals surface area contributed by atoms with Crippen LogP contribution in [0.25, 0.3) is 11.1 Å². The molecule has 12 heteroatoms. The van der Waals surface area contributed by atoms with Crippen molar-refractivity contribution in [2.24, 2.45) is 0 Å². The standard InChI is InChI=1S/C24H28N2O10/c1-23(2,3)35-19(27)11-7-8-12(15(9-11)33-21(29)30)13-10-14(25)16(20(28)36-24(4,5)6)17(26)18(13)34-22(31)32/h7-10H,25-26H2,1-6H3,(H,29,30)(H,31,32). The number of esters is 2. The van der Waals surface area contributed by atoms with E-state index in [1.807, 2.05) is 0 Å². The summed E-state index contributed by atoms with van der Waals surface area (Å²) in [4.78, 5) is 48.0. The SMILES string of the molecule is CC(C)(C)OC(=O)c1ccc(-c2cc(N)c(C(=O)OC(C)(C)C)c(N)c2OC(=O)O)c(OC(=O)O)c1. The zero-order chi connectivity index (χ0) is 27.6. The van der Waals surface area contributed by atoms with Crippen LogP contribution in [0, 0.1) is 0 Å². The number of nitrogen functional groups attached to an aromatic ring is 2. The summed E-state index contributed by atoms with van der Waals surface area (Å²) in [6, 6.07) is 4.83. The van der Waals surface area contributed by atoms with Crippen LogP contribution < -0.4 is 20.9 Å². The van der Waals surface area contributed by atoms with E-state index in [4.69, 9.17) is 30.4 Å². The van der Waals surface area contributed by atoms with Gasteiger partial charge in [-0.1, -0.05) is 0 Å². The molecular formula is C24H28N2O10. The van der Waals surface area contributed by atoms with Gasteiger partial charge in [0.2, 0.25) is 0 Å². The maximum absolute atomic E-state index is 12.7. The highest BCUT2D eigenvalue weighted by Gasteiger charge is 2.29. The van der Waals surface area contributed by atoms with E-state index in [0.29, 0.717) is 0 Å². The van der Waals surface area contributed by atoms with Gasteiger partial charge in [0.25, 0.3) is 0 Å². The Kier molecular flexibility index (Phi) is 7.73. The van der Waals surface area contributed by atoms with E-state index in [1.165, 1.54) is 12.1 Å². The van der Waals surface area contributed by atoms with E-state index >= 15 is 0 Å². The van der Waals surface area contributed by atoms with Gasteiger partial charge in [0.15, 0.2) is 5.75 Å². The third-order valence-corrected chi connectivity index (χ3v) is 4.24. The number of rotatable bonds is 5. The first kappa shape index (κ1) is 27.8. The minimum Gasteiger partial charge on any atom is -0.456 e. The molecule has 0 bridgehead atoms. The molecule has 0 saturated carbocycles. The van der Waals surface area contributed by atoms with Crippen LogP contribution in [0.2, 0.25) is 0 Å². The fraction of sp³-hybridized carbons (Fsp3) is 0.333. The molecule has 0 aromatic heterocycles. The van der Waals surface area contributed by atoms with Crippen LogP contribution in [0.15, 0.2) is 24.3 Å². The number of nitrogens with two attached hydrogens (primary N) is 2. The van der Waals surface area contributed by atoms with Crippen molar-refractivity contribution in [3.8, 4) is 22.6 Å².